The monoisotopic (exact) mass is 189 g/mol. The number of nitrogens with zero attached hydrogens (tertiary/aromatic N) is 1. The molecule has 1 amide bonds. The van der Waals surface area contributed by atoms with E-state index >= 15 is 0 Å². The molecule has 1 aliphatic heterocycles. The maximum atomic E-state index is 11.6. The topological polar surface area (TPSA) is 40.5 Å². The summed E-state index contributed by atoms with van der Waals surface area (Å²) >= 11 is 0. The summed E-state index contributed by atoms with van der Waals surface area (Å²) in [5.41, 5.74) is 2.42. The van der Waals surface area contributed by atoms with Crippen LogP contribution >= 0.6 is 0 Å². The van der Waals surface area contributed by atoms with Crippen LogP contribution in [0.15, 0.2) is 36.1 Å². The number of aliphatic hydroxyl groups excluding tert-OH is 1. The summed E-state index contributed by atoms with van der Waals surface area (Å²) in [5.74, 6) is -0.133. The second kappa shape index (κ2) is 3.18. The van der Waals surface area contributed by atoms with Gasteiger partial charge < -0.3 is 10.0 Å². The third kappa shape index (κ3) is 1.18. The van der Waals surface area contributed by atoms with Crippen LogP contribution in [0.1, 0.15) is 5.56 Å². The number of amides is 1. The van der Waals surface area contributed by atoms with Crippen LogP contribution in [0.4, 0.5) is 5.69 Å². The number of anilines is 1. The standard InChI is InChI=1S/C11H11NO2/c1-12-10-5-3-2-4-8(10)6-9(7-13)11(12)14/h2-5,7,13H,6H2,1H3/b9-7-. The van der Waals surface area contributed by atoms with Gasteiger partial charge in [0, 0.05) is 19.2 Å². The van der Waals surface area contributed by atoms with E-state index in [4.69, 9.17) is 5.11 Å². The Morgan fingerprint density at radius 1 is 1.43 bits per heavy atom. The van der Waals surface area contributed by atoms with Crippen molar-refractivity contribution in [2.75, 3.05) is 11.9 Å². The largest absolute Gasteiger partial charge is 0.515 e. The number of carbonyl (C=O) groups is 1. The molecule has 1 N–H and O–H groups in total. The van der Waals surface area contributed by atoms with E-state index in [9.17, 15) is 4.79 Å². The van der Waals surface area contributed by atoms with Crippen molar-refractivity contribution >= 4 is 11.6 Å². The molecule has 14 heavy (non-hydrogen) atoms. The summed E-state index contributed by atoms with van der Waals surface area (Å²) in [5, 5.41) is 8.90. The Labute approximate surface area is 82.3 Å². The number of benzene rings is 1. The van der Waals surface area contributed by atoms with E-state index < -0.39 is 0 Å². The van der Waals surface area contributed by atoms with Crippen molar-refractivity contribution in [1.29, 1.82) is 0 Å². The Morgan fingerprint density at radius 2 is 2.14 bits per heavy atom. The fraction of sp³-hybridized carbons (Fsp3) is 0.182. The number of hydrogen-bond donors (Lipinski definition) is 1. The maximum Gasteiger partial charge on any atom is 0.257 e. The van der Waals surface area contributed by atoms with Gasteiger partial charge in [0.05, 0.1) is 11.8 Å². The number of fused-ring (bicyclic) bond motifs is 1. The Morgan fingerprint density at radius 3 is 2.86 bits per heavy atom. The third-order valence-corrected chi connectivity index (χ3v) is 2.47. The highest BCUT2D eigenvalue weighted by Gasteiger charge is 2.24. The van der Waals surface area contributed by atoms with Crippen LogP contribution in [-0.2, 0) is 11.2 Å². The number of para-hydroxylation sites is 1. The predicted octanol–water partition coefficient (Wildman–Crippen LogP) is 1.65. The van der Waals surface area contributed by atoms with Gasteiger partial charge in [0.15, 0.2) is 0 Å². The summed E-state index contributed by atoms with van der Waals surface area (Å²) in [6.45, 7) is 0. The molecule has 0 aliphatic carbocycles. The zero-order valence-electron chi connectivity index (χ0n) is 7.90. The van der Waals surface area contributed by atoms with Crippen LogP contribution in [-0.4, -0.2) is 18.1 Å². The minimum absolute atomic E-state index is 0.133. The number of carbonyl (C=O) groups excluding carboxylic acids is 1. The van der Waals surface area contributed by atoms with Gasteiger partial charge in [-0.05, 0) is 11.6 Å². The van der Waals surface area contributed by atoms with Gasteiger partial charge in [0.1, 0.15) is 0 Å². The lowest BCUT2D eigenvalue weighted by atomic mass is 9.98. The minimum atomic E-state index is -0.133. The Balaban J connectivity index is 2.53. The van der Waals surface area contributed by atoms with E-state index in [-0.39, 0.29) is 5.91 Å². The molecule has 0 aromatic heterocycles. The molecule has 0 radical (unpaired) electrons. The molecule has 0 spiro atoms. The van der Waals surface area contributed by atoms with Gasteiger partial charge in [-0.25, -0.2) is 0 Å². The molecule has 0 fully saturated rings. The number of likely N-dealkylation sites (N-methyl/N-ethyl adjacent to an activating group) is 1. The van der Waals surface area contributed by atoms with Crippen LogP contribution in [0.2, 0.25) is 0 Å². The summed E-state index contributed by atoms with van der Waals surface area (Å²) in [6.07, 6.45) is 1.41. The molecule has 0 bridgehead atoms. The average Bonchev–Trinajstić information content (AvgIpc) is 2.23. The van der Waals surface area contributed by atoms with Crippen molar-refractivity contribution < 1.29 is 9.90 Å². The molecule has 1 aromatic carbocycles. The summed E-state index contributed by atoms with van der Waals surface area (Å²) in [7, 11) is 1.71. The normalized spacial score (nSPS) is 18.5. The van der Waals surface area contributed by atoms with E-state index in [1.165, 1.54) is 0 Å². The van der Waals surface area contributed by atoms with Crippen LogP contribution < -0.4 is 4.90 Å². The van der Waals surface area contributed by atoms with Crippen molar-refractivity contribution in [3.8, 4) is 0 Å². The fourth-order valence-corrected chi connectivity index (χ4v) is 1.69. The van der Waals surface area contributed by atoms with Crippen LogP contribution in [0, 0.1) is 0 Å². The highest BCUT2D eigenvalue weighted by molar-refractivity contribution is 6.07. The van der Waals surface area contributed by atoms with Gasteiger partial charge in [-0.15, -0.1) is 0 Å². The molecule has 1 heterocycles. The molecule has 1 aromatic rings. The minimum Gasteiger partial charge on any atom is -0.515 e. The van der Waals surface area contributed by atoms with Gasteiger partial charge >= 0.3 is 0 Å². The van der Waals surface area contributed by atoms with Gasteiger partial charge in [-0.1, -0.05) is 18.2 Å². The first-order chi connectivity index (χ1) is 6.74. The molecule has 2 rings (SSSR count). The predicted molar refractivity (Wildman–Crippen MR) is 54.3 cm³/mol. The lowest BCUT2D eigenvalue weighted by molar-refractivity contribution is -0.115. The second-order valence-corrected chi connectivity index (χ2v) is 3.32. The van der Waals surface area contributed by atoms with Gasteiger partial charge in [-0.2, -0.15) is 0 Å². The molecule has 0 unspecified atom stereocenters. The summed E-state index contributed by atoms with van der Waals surface area (Å²) < 4.78 is 0. The summed E-state index contributed by atoms with van der Waals surface area (Å²) in [4.78, 5) is 13.2. The van der Waals surface area contributed by atoms with E-state index in [2.05, 4.69) is 0 Å². The number of hydrogen-bond acceptors (Lipinski definition) is 2. The number of rotatable bonds is 0. The van der Waals surface area contributed by atoms with Crippen molar-refractivity contribution in [1.82, 2.24) is 0 Å². The van der Waals surface area contributed by atoms with Gasteiger partial charge in [-0.3, -0.25) is 4.79 Å². The quantitative estimate of drug-likeness (QED) is 0.498. The van der Waals surface area contributed by atoms with Crippen molar-refractivity contribution in [2.45, 2.75) is 6.42 Å². The smallest absolute Gasteiger partial charge is 0.257 e. The lowest BCUT2D eigenvalue weighted by Crippen LogP contribution is -2.33. The SMILES string of the molecule is CN1C(=O)/C(=C\O)Cc2ccccc21. The van der Waals surface area contributed by atoms with Crippen LogP contribution in [0.5, 0.6) is 0 Å². The second-order valence-electron chi connectivity index (χ2n) is 3.32. The van der Waals surface area contributed by atoms with Crippen LogP contribution in [0.3, 0.4) is 0 Å². The summed E-state index contributed by atoms with van der Waals surface area (Å²) in [6, 6.07) is 7.69. The van der Waals surface area contributed by atoms with E-state index in [1.807, 2.05) is 24.3 Å². The molecule has 3 nitrogen and oxygen atoms in total. The molecular formula is C11H11NO2. The third-order valence-electron chi connectivity index (χ3n) is 2.47. The maximum absolute atomic E-state index is 11.6. The van der Waals surface area contributed by atoms with E-state index in [0.29, 0.717) is 12.0 Å². The Bertz CT molecular complexity index is 410. The van der Waals surface area contributed by atoms with Crippen molar-refractivity contribution in [2.24, 2.45) is 0 Å². The zero-order valence-corrected chi connectivity index (χ0v) is 7.90. The molecular weight excluding hydrogens is 178 g/mol. The molecule has 3 heteroatoms. The van der Waals surface area contributed by atoms with E-state index in [1.54, 1.807) is 11.9 Å². The van der Waals surface area contributed by atoms with Crippen molar-refractivity contribution in [3.05, 3.63) is 41.7 Å². The zero-order chi connectivity index (χ0) is 10.1. The highest BCUT2D eigenvalue weighted by Crippen LogP contribution is 2.28. The lowest BCUT2D eigenvalue weighted by Gasteiger charge is -2.26. The molecule has 72 valence electrons. The molecule has 1 aliphatic rings. The average molecular weight is 189 g/mol. The van der Waals surface area contributed by atoms with Gasteiger partial charge in [0.2, 0.25) is 0 Å². The molecule has 0 saturated carbocycles. The first kappa shape index (κ1) is 8.81. The van der Waals surface area contributed by atoms with Gasteiger partial charge in [0.25, 0.3) is 5.91 Å². The fourth-order valence-electron chi connectivity index (χ4n) is 1.69. The Kier molecular flexibility index (Phi) is 2.00. The van der Waals surface area contributed by atoms with Crippen molar-refractivity contribution in [3.63, 3.8) is 0 Å². The Hall–Kier alpha value is -1.77. The molecule has 0 atom stereocenters. The highest BCUT2D eigenvalue weighted by atomic mass is 16.2. The molecule has 0 saturated heterocycles. The first-order valence-electron chi connectivity index (χ1n) is 4.43. The van der Waals surface area contributed by atoms with Crippen LogP contribution in [0.25, 0.3) is 0 Å². The number of aliphatic hydroxyl groups is 1. The first-order valence-corrected chi connectivity index (χ1v) is 4.43. The van der Waals surface area contributed by atoms with E-state index in [0.717, 1.165) is 17.5 Å².